The summed E-state index contributed by atoms with van der Waals surface area (Å²) in [5.74, 6) is -1.64. The molecule has 7 heteroatoms. The fraction of sp³-hybridized carbons (Fsp3) is 0.222. The number of ether oxygens (including phenoxy) is 1. The first-order chi connectivity index (χ1) is 7.06. The number of carbonyl (C=O) groups is 1. The Morgan fingerprint density at radius 3 is 2.62 bits per heavy atom. The van der Waals surface area contributed by atoms with Crippen molar-refractivity contribution in [1.29, 1.82) is 0 Å². The van der Waals surface area contributed by atoms with Crippen LogP contribution in [0.25, 0.3) is 0 Å². The van der Waals surface area contributed by atoms with Crippen LogP contribution in [0.15, 0.2) is 23.1 Å². The number of hydrogen-bond acceptors (Lipinski definition) is 4. The Hall–Kier alpha value is -0.270. The van der Waals surface area contributed by atoms with Crippen LogP contribution in [-0.2, 0) is 15.8 Å². The summed E-state index contributed by atoms with van der Waals surface area (Å²) in [6, 6.07) is 3.06. The predicted octanol–water partition coefficient (Wildman–Crippen LogP) is -1.76. The molecule has 82 valence electrons. The minimum atomic E-state index is -2.64. The Morgan fingerprint density at radius 2 is 2.19 bits per heavy atom. The van der Waals surface area contributed by atoms with E-state index in [2.05, 4.69) is 4.74 Å². The maximum Gasteiger partial charge on any atom is 1.00 e. The third kappa shape index (κ3) is 3.95. The molecule has 0 fully saturated rings. The molecule has 0 radical (unpaired) electrons. The molecule has 0 spiro atoms. The topological polar surface area (TPSA) is 66.4 Å². The molecule has 0 aliphatic rings. The van der Waals surface area contributed by atoms with Crippen LogP contribution in [0.5, 0.6) is 0 Å². The van der Waals surface area contributed by atoms with Gasteiger partial charge in [-0.2, -0.15) is 0 Å². The summed E-state index contributed by atoms with van der Waals surface area (Å²) in [5.41, 5.74) is -0.0106. The van der Waals surface area contributed by atoms with E-state index in [4.69, 9.17) is 0 Å². The Morgan fingerprint density at radius 1 is 1.56 bits per heavy atom. The maximum atomic E-state index is 13.1. The predicted molar refractivity (Wildman–Crippen MR) is 49.5 cm³/mol. The number of esters is 1. The summed E-state index contributed by atoms with van der Waals surface area (Å²) in [6.45, 7) is 1.80. The van der Waals surface area contributed by atoms with Gasteiger partial charge >= 0.3 is 35.5 Å². The summed E-state index contributed by atoms with van der Waals surface area (Å²) in [4.78, 5) is 10.7. The van der Waals surface area contributed by atoms with E-state index >= 15 is 0 Å². The van der Waals surface area contributed by atoms with Crippen molar-refractivity contribution in [2.75, 3.05) is 6.61 Å². The number of carbonyl (C=O) groups excluding carboxylic acids is 1. The van der Waals surface area contributed by atoms with Gasteiger partial charge in [-0.3, -0.25) is 4.21 Å². The number of halogens is 1. The first kappa shape index (κ1) is 15.7. The molecule has 1 aromatic rings. The molecule has 0 heterocycles. The summed E-state index contributed by atoms with van der Waals surface area (Å²) in [5, 5.41) is 0. The van der Waals surface area contributed by atoms with Gasteiger partial charge in [0.25, 0.3) is 0 Å². The summed E-state index contributed by atoms with van der Waals surface area (Å²) in [7, 11) is 0. The Labute approximate surface area is 117 Å². The second-order valence-corrected chi connectivity index (χ2v) is 3.51. The number of benzene rings is 1. The molecule has 1 rings (SSSR count). The molecular weight excluding hydrogens is 246 g/mol. The van der Waals surface area contributed by atoms with Crippen LogP contribution in [-0.4, -0.2) is 21.3 Å². The molecule has 0 N–H and O–H groups in total. The van der Waals surface area contributed by atoms with Crippen LogP contribution in [0.3, 0.4) is 0 Å². The van der Waals surface area contributed by atoms with Gasteiger partial charge in [0.15, 0.2) is 0 Å². The van der Waals surface area contributed by atoms with Gasteiger partial charge in [0.1, 0.15) is 5.82 Å². The number of hydrogen-bond donors (Lipinski definition) is 0. The average molecular weight is 254 g/mol. The van der Waals surface area contributed by atoms with Crippen molar-refractivity contribution in [3.8, 4) is 0 Å². The van der Waals surface area contributed by atoms with Gasteiger partial charge in [-0.25, -0.2) is 9.18 Å². The SMILES string of the molecule is CCOC(=O)c1ccc(S(=O)[O-])c(F)c1.[Na+]. The summed E-state index contributed by atoms with van der Waals surface area (Å²) in [6.07, 6.45) is 0. The number of rotatable bonds is 3. The molecule has 0 amide bonds. The van der Waals surface area contributed by atoms with Gasteiger partial charge in [0.05, 0.1) is 17.1 Å². The van der Waals surface area contributed by atoms with Gasteiger partial charge in [-0.1, -0.05) is 0 Å². The van der Waals surface area contributed by atoms with Crippen molar-refractivity contribution < 1.29 is 52.2 Å². The van der Waals surface area contributed by atoms with E-state index in [1.54, 1.807) is 6.92 Å². The second-order valence-electron chi connectivity index (χ2n) is 2.60. The van der Waals surface area contributed by atoms with Crippen molar-refractivity contribution in [3.05, 3.63) is 29.6 Å². The third-order valence-electron chi connectivity index (χ3n) is 1.62. The van der Waals surface area contributed by atoms with Gasteiger partial charge in [0.2, 0.25) is 0 Å². The monoisotopic (exact) mass is 254 g/mol. The fourth-order valence-corrected chi connectivity index (χ4v) is 1.37. The van der Waals surface area contributed by atoms with E-state index in [0.29, 0.717) is 0 Å². The van der Waals surface area contributed by atoms with Crippen molar-refractivity contribution in [2.24, 2.45) is 0 Å². The van der Waals surface area contributed by atoms with Gasteiger partial charge in [-0.15, -0.1) is 0 Å². The van der Waals surface area contributed by atoms with E-state index in [-0.39, 0.29) is 41.7 Å². The van der Waals surface area contributed by atoms with E-state index in [9.17, 15) is 17.9 Å². The van der Waals surface area contributed by atoms with Crippen LogP contribution in [0.2, 0.25) is 0 Å². The zero-order chi connectivity index (χ0) is 11.4. The molecular formula is C9H8FNaO4S. The van der Waals surface area contributed by atoms with E-state index < -0.39 is 27.8 Å². The molecule has 0 bridgehead atoms. The largest absolute Gasteiger partial charge is 1.00 e. The third-order valence-corrected chi connectivity index (χ3v) is 2.31. The quantitative estimate of drug-likeness (QED) is 0.364. The molecule has 0 aliphatic carbocycles. The maximum absolute atomic E-state index is 13.1. The minimum absolute atomic E-state index is 0. The van der Waals surface area contributed by atoms with Crippen molar-refractivity contribution in [1.82, 2.24) is 0 Å². The first-order valence-electron chi connectivity index (χ1n) is 4.12. The van der Waals surface area contributed by atoms with Gasteiger partial charge in [0, 0.05) is 0 Å². The zero-order valence-electron chi connectivity index (χ0n) is 8.86. The van der Waals surface area contributed by atoms with E-state index in [1.165, 1.54) is 6.07 Å². The summed E-state index contributed by atoms with van der Waals surface area (Å²) >= 11 is -2.64. The van der Waals surface area contributed by atoms with E-state index in [1.807, 2.05) is 0 Å². The molecule has 0 aromatic heterocycles. The summed E-state index contributed by atoms with van der Waals surface area (Å²) < 4.78 is 38.7. The minimum Gasteiger partial charge on any atom is -0.768 e. The molecule has 1 unspecified atom stereocenters. The Balaban J connectivity index is 0.00000225. The Bertz CT molecular complexity index is 410. The molecule has 0 saturated heterocycles. The van der Waals surface area contributed by atoms with Crippen LogP contribution >= 0.6 is 0 Å². The molecule has 0 saturated carbocycles. The second kappa shape index (κ2) is 7.13. The average Bonchev–Trinajstić information content (AvgIpc) is 2.17. The van der Waals surface area contributed by atoms with Crippen LogP contribution in [0.1, 0.15) is 17.3 Å². The molecule has 4 nitrogen and oxygen atoms in total. The van der Waals surface area contributed by atoms with Crippen molar-refractivity contribution in [2.45, 2.75) is 11.8 Å². The van der Waals surface area contributed by atoms with Crippen molar-refractivity contribution in [3.63, 3.8) is 0 Å². The molecule has 1 atom stereocenters. The fourth-order valence-electron chi connectivity index (χ4n) is 0.977. The molecule has 1 aromatic carbocycles. The van der Waals surface area contributed by atoms with Crippen LogP contribution in [0.4, 0.5) is 4.39 Å². The first-order valence-corrected chi connectivity index (χ1v) is 5.19. The smallest absolute Gasteiger partial charge is 0.768 e. The molecule has 0 aliphatic heterocycles. The van der Waals surface area contributed by atoms with E-state index in [0.717, 1.165) is 12.1 Å². The molecule has 16 heavy (non-hydrogen) atoms. The van der Waals surface area contributed by atoms with Gasteiger partial charge < -0.3 is 9.29 Å². The van der Waals surface area contributed by atoms with Crippen LogP contribution in [0, 0.1) is 5.82 Å². The Kier molecular flexibility index (Phi) is 7.01. The zero-order valence-corrected chi connectivity index (χ0v) is 11.7. The normalized spacial score (nSPS) is 11.4. The standard InChI is InChI=1S/C9H9FO4S.Na/c1-2-14-9(11)6-3-4-8(15(12)13)7(10)5-6;/h3-5H,2H2,1H3,(H,12,13);/q;+1/p-1. The van der Waals surface area contributed by atoms with Crippen molar-refractivity contribution >= 4 is 17.0 Å². The van der Waals surface area contributed by atoms with Gasteiger partial charge in [-0.05, 0) is 36.2 Å². The van der Waals surface area contributed by atoms with Crippen LogP contribution < -0.4 is 29.6 Å².